The van der Waals surface area contributed by atoms with Gasteiger partial charge in [-0.2, -0.15) is 0 Å². The Labute approximate surface area is 122 Å². The van der Waals surface area contributed by atoms with Crippen LogP contribution >= 0.6 is 11.3 Å². The van der Waals surface area contributed by atoms with Crippen molar-refractivity contribution in [2.75, 3.05) is 7.05 Å². The molecule has 108 valence electrons. The lowest BCUT2D eigenvalue weighted by Gasteiger charge is -2.25. The molecule has 1 N–H and O–H groups in total. The van der Waals surface area contributed by atoms with Crippen LogP contribution in [0.1, 0.15) is 38.9 Å². The number of aromatic nitrogens is 2. The van der Waals surface area contributed by atoms with E-state index in [-0.39, 0.29) is 5.56 Å². The highest BCUT2D eigenvalue weighted by molar-refractivity contribution is 7.17. The second kappa shape index (κ2) is 4.97. The number of rotatable bonds is 3. The van der Waals surface area contributed by atoms with Crippen LogP contribution in [-0.2, 0) is 6.54 Å². The lowest BCUT2D eigenvalue weighted by atomic mass is 9.91. The summed E-state index contributed by atoms with van der Waals surface area (Å²) >= 11 is 1.45. The highest BCUT2D eigenvalue weighted by atomic mass is 32.1. The molecule has 1 atom stereocenters. The van der Waals surface area contributed by atoms with Gasteiger partial charge in [0.1, 0.15) is 10.5 Å². The maximum absolute atomic E-state index is 12.0. The van der Waals surface area contributed by atoms with Crippen molar-refractivity contribution in [3.63, 3.8) is 0 Å². The summed E-state index contributed by atoms with van der Waals surface area (Å²) in [7, 11) is 2.13. The zero-order valence-corrected chi connectivity index (χ0v) is 13.1. The predicted molar refractivity (Wildman–Crippen MR) is 83.1 cm³/mol. The van der Waals surface area contributed by atoms with Gasteiger partial charge in [0.15, 0.2) is 0 Å². The molecule has 3 rings (SSSR count). The highest BCUT2D eigenvalue weighted by Gasteiger charge is 2.33. The maximum atomic E-state index is 12.0. The van der Waals surface area contributed by atoms with E-state index in [0.717, 1.165) is 16.0 Å². The molecule has 1 saturated carbocycles. The molecule has 0 radical (unpaired) electrons. The van der Waals surface area contributed by atoms with Crippen LogP contribution in [0.2, 0.25) is 0 Å². The minimum absolute atomic E-state index is 0.0137. The zero-order chi connectivity index (χ0) is 14.3. The van der Waals surface area contributed by atoms with E-state index < -0.39 is 0 Å². The van der Waals surface area contributed by atoms with Crippen LogP contribution in [0.3, 0.4) is 0 Å². The largest absolute Gasteiger partial charge is 0.308 e. The second-order valence-corrected chi connectivity index (χ2v) is 7.54. The topological polar surface area (TPSA) is 49.0 Å². The van der Waals surface area contributed by atoms with Crippen molar-refractivity contribution in [1.82, 2.24) is 14.9 Å². The number of nitrogens with zero attached hydrogens (tertiary/aromatic N) is 2. The molecule has 20 heavy (non-hydrogen) atoms. The number of fused-ring (bicyclic) bond motifs is 1. The molecule has 1 aliphatic rings. The van der Waals surface area contributed by atoms with Crippen LogP contribution in [-0.4, -0.2) is 28.0 Å². The van der Waals surface area contributed by atoms with Crippen molar-refractivity contribution in [3.05, 3.63) is 27.6 Å². The quantitative estimate of drug-likeness (QED) is 0.945. The molecule has 2 aromatic heterocycles. The van der Waals surface area contributed by atoms with E-state index in [4.69, 9.17) is 0 Å². The van der Waals surface area contributed by atoms with Gasteiger partial charge in [-0.25, -0.2) is 4.98 Å². The molecule has 0 saturated heterocycles. The van der Waals surface area contributed by atoms with Crippen molar-refractivity contribution in [3.8, 4) is 0 Å². The molecular formula is C15H21N3OS. The summed E-state index contributed by atoms with van der Waals surface area (Å²) in [5.41, 5.74) is 1.24. The van der Waals surface area contributed by atoms with Crippen LogP contribution in [0.25, 0.3) is 10.2 Å². The van der Waals surface area contributed by atoms with Crippen LogP contribution in [0, 0.1) is 5.41 Å². The first-order valence-electron chi connectivity index (χ1n) is 7.11. The summed E-state index contributed by atoms with van der Waals surface area (Å²) in [6.45, 7) is 5.37. The van der Waals surface area contributed by atoms with Gasteiger partial charge < -0.3 is 4.98 Å². The SMILES string of the molecule is CN(Cc1nc2ccsc2c(=O)[nH]1)C1CCC(C)(C)C1. The molecule has 0 spiro atoms. The summed E-state index contributed by atoms with van der Waals surface area (Å²) in [5.74, 6) is 0.771. The minimum atomic E-state index is -0.0137. The van der Waals surface area contributed by atoms with Crippen LogP contribution in [0.15, 0.2) is 16.2 Å². The number of nitrogens with one attached hydrogen (secondary N) is 1. The third-order valence-corrected chi connectivity index (χ3v) is 5.23. The zero-order valence-electron chi connectivity index (χ0n) is 12.3. The summed E-state index contributed by atoms with van der Waals surface area (Å²) in [4.78, 5) is 21.8. The summed E-state index contributed by atoms with van der Waals surface area (Å²) in [6, 6.07) is 2.51. The van der Waals surface area contributed by atoms with E-state index in [2.05, 4.69) is 35.8 Å². The average molecular weight is 291 g/mol. The Morgan fingerprint density at radius 2 is 2.35 bits per heavy atom. The standard InChI is InChI=1S/C15H21N3OS/c1-15(2)6-4-10(8-15)18(3)9-12-16-11-5-7-20-13(11)14(19)17-12/h5,7,10H,4,6,8-9H2,1-3H3,(H,16,17,19). The van der Waals surface area contributed by atoms with E-state index in [1.807, 2.05) is 11.4 Å². The first kappa shape index (κ1) is 13.8. The number of aromatic amines is 1. The third-order valence-electron chi connectivity index (χ3n) is 4.33. The Hall–Kier alpha value is -1.20. The van der Waals surface area contributed by atoms with Gasteiger partial charge >= 0.3 is 0 Å². The fourth-order valence-electron chi connectivity index (χ4n) is 3.14. The Kier molecular flexibility index (Phi) is 3.42. The number of hydrogen-bond donors (Lipinski definition) is 1. The van der Waals surface area contributed by atoms with Gasteiger partial charge in [-0.15, -0.1) is 11.3 Å². The van der Waals surface area contributed by atoms with Crippen LogP contribution in [0.4, 0.5) is 0 Å². The van der Waals surface area contributed by atoms with E-state index in [0.29, 0.717) is 18.0 Å². The third kappa shape index (κ3) is 2.65. The van der Waals surface area contributed by atoms with Gasteiger partial charge in [0.2, 0.25) is 0 Å². The summed E-state index contributed by atoms with van der Waals surface area (Å²) in [5, 5.41) is 1.92. The Morgan fingerprint density at radius 1 is 1.55 bits per heavy atom. The van der Waals surface area contributed by atoms with Crippen molar-refractivity contribution < 1.29 is 0 Å². The lowest BCUT2D eigenvalue weighted by molar-refractivity contribution is 0.215. The second-order valence-electron chi connectivity index (χ2n) is 6.62. The summed E-state index contributed by atoms with van der Waals surface area (Å²) in [6.07, 6.45) is 3.72. The first-order chi connectivity index (χ1) is 9.44. The first-order valence-corrected chi connectivity index (χ1v) is 7.99. The molecule has 0 bridgehead atoms. The molecule has 1 aliphatic carbocycles. The number of hydrogen-bond acceptors (Lipinski definition) is 4. The Morgan fingerprint density at radius 3 is 3.05 bits per heavy atom. The maximum Gasteiger partial charge on any atom is 0.268 e. The molecule has 4 nitrogen and oxygen atoms in total. The normalized spacial score (nSPS) is 21.9. The van der Waals surface area contributed by atoms with Gasteiger partial charge in [0, 0.05) is 6.04 Å². The summed E-state index contributed by atoms with van der Waals surface area (Å²) < 4.78 is 0.721. The number of thiophene rings is 1. The molecule has 0 aromatic carbocycles. The van der Waals surface area contributed by atoms with E-state index >= 15 is 0 Å². The predicted octanol–water partition coefficient (Wildman–Crippen LogP) is 3.00. The van der Waals surface area contributed by atoms with Gasteiger partial charge in [-0.3, -0.25) is 9.69 Å². The Bertz CT molecular complexity index is 673. The minimum Gasteiger partial charge on any atom is -0.308 e. The fourth-order valence-corrected chi connectivity index (χ4v) is 3.86. The fraction of sp³-hybridized carbons (Fsp3) is 0.600. The smallest absolute Gasteiger partial charge is 0.268 e. The average Bonchev–Trinajstić information content (AvgIpc) is 2.95. The number of H-pyrrole nitrogens is 1. The molecule has 0 amide bonds. The van der Waals surface area contributed by atoms with E-state index in [9.17, 15) is 4.79 Å². The van der Waals surface area contributed by atoms with Gasteiger partial charge in [-0.1, -0.05) is 13.8 Å². The van der Waals surface area contributed by atoms with Crippen LogP contribution < -0.4 is 5.56 Å². The molecule has 1 fully saturated rings. The van der Waals surface area contributed by atoms with Crippen molar-refractivity contribution in [1.29, 1.82) is 0 Å². The van der Waals surface area contributed by atoms with Gasteiger partial charge in [-0.05, 0) is 43.2 Å². The van der Waals surface area contributed by atoms with Crippen molar-refractivity contribution >= 4 is 21.6 Å². The van der Waals surface area contributed by atoms with E-state index in [1.165, 1.54) is 30.6 Å². The Balaban J connectivity index is 1.77. The van der Waals surface area contributed by atoms with E-state index in [1.54, 1.807) is 0 Å². The molecule has 0 aliphatic heterocycles. The van der Waals surface area contributed by atoms with Gasteiger partial charge in [0.05, 0.1) is 12.1 Å². The molecule has 1 unspecified atom stereocenters. The lowest BCUT2D eigenvalue weighted by Crippen LogP contribution is -2.31. The van der Waals surface area contributed by atoms with Crippen LogP contribution in [0.5, 0.6) is 0 Å². The molecule has 2 aromatic rings. The molecule has 5 heteroatoms. The van der Waals surface area contributed by atoms with Gasteiger partial charge in [0.25, 0.3) is 5.56 Å². The van der Waals surface area contributed by atoms with Crippen molar-refractivity contribution in [2.24, 2.45) is 5.41 Å². The monoisotopic (exact) mass is 291 g/mol. The molecular weight excluding hydrogens is 270 g/mol. The molecule has 2 heterocycles. The highest BCUT2D eigenvalue weighted by Crippen LogP contribution is 2.39. The van der Waals surface area contributed by atoms with Crippen molar-refractivity contribution in [2.45, 2.75) is 45.7 Å².